The van der Waals surface area contributed by atoms with E-state index in [-0.39, 0.29) is 17.3 Å². The third-order valence-corrected chi connectivity index (χ3v) is 5.30. The first-order chi connectivity index (χ1) is 16.6. The highest BCUT2D eigenvalue weighted by atomic mass is 16.1. The van der Waals surface area contributed by atoms with E-state index in [4.69, 9.17) is 0 Å². The minimum Gasteiger partial charge on any atom is -0.290 e. The summed E-state index contributed by atoms with van der Waals surface area (Å²) in [7, 11) is 0. The van der Waals surface area contributed by atoms with Crippen molar-refractivity contribution in [3.05, 3.63) is 155 Å². The lowest BCUT2D eigenvalue weighted by Crippen LogP contribution is -2.00. The third-order valence-electron chi connectivity index (χ3n) is 5.30. The fraction of sp³-hybridized carbons (Fsp3) is 0. The summed E-state index contributed by atoms with van der Waals surface area (Å²) in [6, 6.07) is 32.5. The summed E-state index contributed by atoms with van der Waals surface area (Å²) < 4.78 is 0. The largest absolute Gasteiger partial charge is 0.290 e. The van der Waals surface area contributed by atoms with Crippen molar-refractivity contribution in [3.63, 3.8) is 0 Å². The Balaban J connectivity index is 1.35. The zero-order valence-electron chi connectivity index (χ0n) is 18.4. The van der Waals surface area contributed by atoms with E-state index in [9.17, 15) is 14.4 Å². The Bertz CT molecular complexity index is 1240. The first-order valence-corrected chi connectivity index (χ1v) is 10.9. The Kier molecular flexibility index (Phi) is 7.16. The van der Waals surface area contributed by atoms with Gasteiger partial charge in [-0.25, -0.2) is 0 Å². The van der Waals surface area contributed by atoms with Crippen LogP contribution in [-0.2, 0) is 4.79 Å². The lowest BCUT2D eigenvalue weighted by atomic mass is 10.0. The summed E-state index contributed by atoms with van der Waals surface area (Å²) in [6.45, 7) is 0. The molecule has 4 aromatic carbocycles. The molecular weight excluding hydrogens is 420 g/mol. The number of benzene rings is 4. The van der Waals surface area contributed by atoms with Gasteiger partial charge in [-0.1, -0.05) is 121 Å². The van der Waals surface area contributed by atoms with Crippen LogP contribution in [0.5, 0.6) is 0 Å². The number of carbonyl (C=O) groups excluding carboxylic acids is 3. The van der Waals surface area contributed by atoms with E-state index in [0.717, 1.165) is 11.1 Å². The molecule has 4 aromatic rings. The monoisotopic (exact) mass is 442 g/mol. The number of hydrogen-bond donors (Lipinski definition) is 0. The van der Waals surface area contributed by atoms with Crippen molar-refractivity contribution >= 4 is 29.5 Å². The molecule has 0 saturated heterocycles. The average molecular weight is 443 g/mol. The molecule has 0 unspecified atom stereocenters. The quantitative estimate of drug-likeness (QED) is 0.233. The van der Waals surface area contributed by atoms with Gasteiger partial charge in [0.1, 0.15) is 0 Å². The van der Waals surface area contributed by atoms with E-state index < -0.39 is 0 Å². The zero-order valence-corrected chi connectivity index (χ0v) is 18.4. The van der Waals surface area contributed by atoms with Crippen LogP contribution in [0.25, 0.3) is 12.2 Å². The molecule has 0 radical (unpaired) electrons. The number of hydrogen-bond acceptors (Lipinski definition) is 3. The van der Waals surface area contributed by atoms with Crippen molar-refractivity contribution in [2.24, 2.45) is 0 Å². The van der Waals surface area contributed by atoms with Gasteiger partial charge in [-0.15, -0.1) is 0 Å². The lowest BCUT2D eigenvalue weighted by molar-refractivity contribution is -0.110. The molecule has 34 heavy (non-hydrogen) atoms. The van der Waals surface area contributed by atoms with Gasteiger partial charge >= 0.3 is 0 Å². The van der Waals surface area contributed by atoms with E-state index in [1.165, 1.54) is 12.2 Å². The SMILES string of the molecule is O=C(/C=C/c1ccc(C(=O)c2ccccc2)cc1)/C=C/c1ccc(C(=O)c2ccccc2)cc1. The summed E-state index contributed by atoms with van der Waals surface area (Å²) in [5.74, 6) is -0.230. The summed E-state index contributed by atoms with van der Waals surface area (Å²) in [5, 5.41) is 0. The van der Waals surface area contributed by atoms with Crippen LogP contribution in [0, 0.1) is 0 Å². The summed E-state index contributed by atoms with van der Waals surface area (Å²) in [6.07, 6.45) is 6.39. The molecule has 0 fully saturated rings. The van der Waals surface area contributed by atoms with Crippen LogP contribution in [0.3, 0.4) is 0 Å². The topological polar surface area (TPSA) is 51.2 Å². The average Bonchev–Trinajstić information content (AvgIpc) is 2.91. The highest BCUT2D eigenvalue weighted by Gasteiger charge is 2.08. The second kappa shape index (κ2) is 10.8. The molecular formula is C31H22O3. The van der Waals surface area contributed by atoms with Crippen LogP contribution >= 0.6 is 0 Å². The minimum atomic E-state index is -0.158. The molecule has 0 aliphatic carbocycles. The minimum absolute atomic E-state index is 0.0355. The van der Waals surface area contributed by atoms with E-state index in [1.807, 2.05) is 60.7 Å². The molecule has 0 spiro atoms. The van der Waals surface area contributed by atoms with Crippen molar-refractivity contribution in [3.8, 4) is 0 Å². The Morgan fingerprint density at radius 2 is 0.735 bits per heavy atom. The first-order valence-electron chi connectivity index (χ1n) is 10.9. The van der Waals surface area contributed by atoms with Gasteiger partial charge < -0.3 is 0 Å². The van der Waals surface area contributed by atoms with E-state index in [1.54, 1.807) is 60.7 Å². The maximum atomic E-state index is 12.5. The molecule has 164 valence electrons. The second-order valence-corrected chi connectivity index (χ2v) is 7.70. The molecule has 3 heteroatoms. The fourth-order valence-electron chi connectivity index (χ4n) is 3.42. The van der Waals surface area contributed by atoms with Crippen LogP contribution in [0.2, 0.25) is 0 Å². The molecule has 0 saturated carbocycles. The van der Waals surface area contributed by atoms with Crippen molar-refractivity contribution in [2.75, 3.05) is 0 Å². The Hall–Kier alpha value is -4.63. The predicted molar refractivity (Wildman–Crippen MR) is 136 cm³/mol. The van der Waals surface area contributed by atoms with Crippen molar-refractivity contribution in [2.45, 2.75) is 0 Å². The normalized spacial score (nSPS) is 11.1. The smallest absolute Gasteiger partial charge is 0.193 e. The highest BCUT2D eigenvalue weighted by molar-refractivity contribution is 6.10. The maximum absolute atomic E-state index is 12.5. The number of ketones is 3. The van der Waals surface area contributed by atoms with Gasteiger partial charge in [-0.05, 0) is 23.3 Å². The summed E-state index contributed by atoms with van der Waals surface area (Å²) in [4.78, 5) is 37.2. The Morgan fingerprint density at radius 1 is 0.412 bits per heavy atom. The van der Waals surface area contributed by atoms with Gasteiger partial charge in [0, 0.05) is 22.3 Å². The molecule has 0 aromatic heterocycles. The predicted octanol–water partition coefficient (Wildman–Crippen LogP) is 6.44. The van der Waals surface area contributed by atoms with E-state index in [2.05, 4.69) is 0 Å². The van der Waals surface area contributed by atoms with Gasteiger partial charge in [0.2, 0.25) is 0 Å². The van der Waals surface area contributed by atoms with Crippen molar-refractivity contribution in [1.82, 2.24) is 0 Å². The highest BCUT2D eigenvalue weighted by Crippen LogP contribution is 2.14. The molecule has 0 amide bonds. The third kappa shape index (κ3) is 5.78. The number of rotatable bonds is 8. The Labute approximate surface area is 198 Å². The van der Waals surface area contributed by atoms with E-state index in [0.29, 0.717) is 22.3 Å². The van der Waals surface area contributed by atoms with Crippen LogP contribution < -0.4 is 0 Å². The van der Waals surface area contributed by atoms with Gasteiger partial charge in [-0.3, -0.25) is 14.4 Å². The number of allylic oxidation sites excluding steroid dienone is 2. The molecule has 0 bridgehead atoms. The molecule has 0 atom stereocenters. The number of carbonyl (C=O) groups is 3. The summed E-state index contributed by atoms with van der Waals surface area (Å²) in [5.41, 5.74) is 4.14. The summed E-state index contributed by atoms with van der Waals surface area (Å²) >= 11 is 0. The van der Waals surface area contributed by atoms with Crippen LogP contribution in [0.4, 0.5) is 0 Å². The van der Waals surface area contributed by atoms with Crippen LogP contribution in [0.1, 0.15) is 43.0 Å². The molecule has 3 nitrogen and oxygen atoms in total. The molecule has 0 heterocycles. The molecule has 0 aliphatic heterocycles. The van der Waals surface area contributed by atoms with Gasteiger partial charge in [0.15, 0.2) is 17.3 Å². The maximum Gasteiger partial charge on any atom is 0.193 e. The lowest BCUT2D eigenvalue weighted by Gasteiger charge is -2.02. The van der Waals surface area contributed by atoms with Gasteiger partial charge in [0.05, 0.1) is 0 Å². The first kappa shape index (κ1) is 22.6. The standard InChI is InChI=1S/C31H22O3/c32-29(21-15-23-11-17-27(18-12-23)30(33)25-7-3-1-4-8-25)22-16-24-13-19-28(20-14-24)31(34)26-9-5-2-6-10-26/h1-22H/b21-15+,22-16+. The van der Waals surface area contributed by atoms with E-state index >= 15 is 0 Å². The molecule has 4 rings (SSSR count). The van der Waals surface area contributed by atoms with Crippen molar-refractivity contribution in [1.29, 1.82) is 0 Å². The molecule has 0 aliphatic rings. The second-order valence-electron chi connectivity index (χ2n) is 7.70. The fourth-order valence-corrected chi connectivity index (χ4v) is 3.42. The van der Waals surface area contributed by atoms with Crippen LogP contribution in [-0.4, -0.2) is 17.3 Å². The Morgan fingerprint density at radius 3 is 1.09 bits per heavy atom. The van der Waals surface area contributed by atoms with Crippen molar-refractivity contribution < 1.29 is 14.4 Å². The molecule has 0 N–H and O–H groups in total. The van der Waals surface area contributed by atoms with Gasteiger partial charge in [-0.2, -0.15) is 0 Å². The zero-order chi connectivity index (χ0) is 23.8. The van der Waals surface area contributed by atoms with Crippen LogP contribution in [0.15, 0.2) is 121 Å². The van der Waals surface area contributed by atoms with Gasteiger partial charge in [0.25, 0.3) is 0 Å².